The van der Waals surface area contributed by atoms with E-state index in [1.165, 1.54) is 45.9 Å². The van der Waals surface area contributed by atoms with Crippen LogP contribution in [0.3, 0.4) is 0 Å². The van der Waals surface area contributed by atoms with Crippen LogP contribution in [0.5, 0.6) is 5.75 Å². The number of ether oxygens (including phenoxy) is 6. The van der Waals surface area contributed by atoms with Crippen LogP contribution in [0.25, 0.3) is 0 Å². The first-order chi connectivity index (χ1) is 37.9. The summed E-state index contributed by atoms with van der Waals surface area (Å²) < 4.78 is 55.1. The highest BCUT2D eigenvalue weighted by Gasteiger charge is 2.79. The number of fused-ring (bicyclic) bond motifs is 5. The van der Waals surface area contributed by atoms with E-state index in [1.807, 2.05) is 0 Å². The molecule has 0 radical (unpaired) electrons. The minimum atomic E-state index is -5.12. The molecular formula is C60H68NO19P. The molecule has 81 heavy (non-hydrogen) atoms. The van der Waals surface area contributed by atoms with E-state index in [1.54, 1.807) is 113 Å². The van der Waals surface area contributed by atoms with Crippen molar-refractivity contribution >= 4 is 49.4 Å². The van der Waals surface area contributed by atoms with E-state index in [0.29, 0.717) is 16.7 Å². The van der Waals surface area contributed by atoms with Crippen molar-refractivity contribution in [1.29, 1.82) is 0 Å². The fourth-order valence-electron chi connectivity index (χ4n) is 13.0. The molecule has 432 valence electrons. The lowest BCUT2D eigenvalue weighted by Gasteiger charge is -2.67. The van der Waals surface area contributed by atoms with Gasteiger partial charge in [0.05, 0.1) is 36.0 Å². The quantitative estimate of drug-likeness (QED) is 0.0336. The number of amides is 1. The van der Waals surface area contributed by atoms with Gasteiger partial charge in [-0.05, 0) is 85.9 Å². The first kappa shape index (κ1) is 60.0. The maximum atomic E-state index is 16.5. The Hall–Kier alpha value is -7.06. The molecule has 2 saturated carbocycles. The van der Waals surface area contributed by atoms with Gasteiger partial charge in [-0.25, -0.2) is 14.2 Å². The third-order valence-corrected chi connectivity index (χ3v) is 17.1. The van der Waals surface area contributed by atoms with Crippen molar-refractivity contribution in [2.75, 3.05) is 6.61 Å². The highest BCUT2D eigenvalue weighted by molar-refractivity contribution is 7.46. The van der Waals surface area contributed by atoms with Crippen molar-refractivity contribution in [2.45, 2.75) is 148 Å². The minimum absolute atomic E-state index is 0.0115. The Morgan fingerprint density at radius 1 is 0.815 bits per heavy atom. The number of carbonyl (C=O) groups excluding carboxylic acids is 7. The summed E-state index contributed by atoms with van der Waals surface area (Å²) in [5, 5.41) is 28.9. The number of benzene rings is 4. The summed E-state index contributed by atoms with van der Waals surface area (Å²) in [6.45, 7) is 14.2. The normalized spacial score (nSPS) is 27.5. The van der Waals surface area contributed by atoms with Gasteiger partial charge in [-0.1, -0.05) is 100 Å². The molecule has 1 heterocycles. The number of rotatable bonds is 16. The number of esters is 5. The van der Waals surface area contributed by atoms with Crippen LogP contribution < -0.4 is 9.84 Å². The molecule has 3 fully saturated rings. The Morgan fingerprint density at radius 2 is 1.41 bits per heavy atom. The highest BCUT2D eigenvalue weighted by Crippen LogP contribution is 2.65. The van der Waals surface area contributed by atoms with Gasteiger partial charge in [0, 0.05) is 48.6 Å². The van der Waals surface area contributed by atoms with Crippen LogP contribution in [0.1, 0.15) is 124 Å². The van der Waals surface area contributed by atoms with Gasteiger partial charge in [-0.2, -0.15) is 0 Å². The number of aliphatic hydroxyl groups is 2. The molecular weight excluding hydrogens is 1070 g/mol. The third kappa shape index (κ3) is 11.3. The maximum absolute atomic E-state index is 16.5. The number of carbonyl (C=O) groups is 7. The van der Waals surface area contributed by atoms with E-state index in [2.05, 4.69) is 5.32 Å². The lowest BCUT2D eigenvalue weighted by molar-refractivity contribution is -0.346. The van der Waals surface area contributed by atoms with Gasteiger partial charge >= 0.3 is 37.7 Å². The van der Waals surface area contributed by atoms with Gasteiger partial charge in [0.2, 0.25) is 0 Å². The molecule has 4 aromatic carbocycles. The number of ketones is 1. The van der Waals surface area contributed by atoms with Gasteiger partial charge in [0.15, 0.2) is 23.6 Å². The highest BCUT2D eigenvalue weighted by atomic mass is 31.2. The first-order valence-corrected chi connectivity index (χ1v) is 28.0. The number of aliphatic hydroxyl groups excluding tert-OH is 1. The van der Waals surface area contributed by atoms with Crippen LogP contribution in [-0.4, -0.2) is 116 Å². The zero-order valence-electron chi connectivity index (χ0n) is 46.6. The maximum Gasteiger partial charge on any atom is 0.524 e. The summed E-state index contributed by atoms with van der Waals surface area (Å²) in [5.74, 6) is -8.66. The van der Waals surface area contributed by atoms with Crippen molar-refractivity contribution in [2.24, 2.45) is 16.7 Å². The Morgan fingerprint density at radius 3 is 1.96 bits per heavy atom. The second-order valence-corrected chi connectivity index (χ2v) is 24.1. The van der Waals surface area contributed by atoms with Crippen molar-refractivity contribution < 1.29 is 91.1 Å². The van der Waals surface area contributed by atoms with E-state index in [-0.39, 0.29) is 40.0 Å². The van der Waals surface area contributed by atoms with E-state index in [9.17, 15) is 53.3 Å². The number of Topliss-reactive ketones (excluding diaryl/α,β-unsaturated/α-hetero) is 1. The number of nitrogens with one attached hydrogen (secondary N) is 1. The van der Waals surface area contributed by atoms with Crippen LogP contribution >= 0.6 is 7.82 Å². The average molecular weight is 1140 g/mol. The third-order valence-electron chi connectivity index (χ3n) is 16.6. The SMILES string of the molecule is CC(=O)O[C@H]1C(=O)[C@]2(C)[C@@H](OC(=O)CC(C)(C)c3c(C)cc(C)cc3OP(=O)(O)O)C[C@H]3OC[C@@]3(OC(C)=O)[C@H]2[C@H](OC(=O)c2ccccc2)[C@]2(O)C[C@H](OC(=O)[C@H](O)[C@@H](NC(=O)c3ccccc3)c3ccccc3)C(C)=C1C2(C)C. The molecule has 4 aliphatic rings. The monoisotopic (exact) mass is 1140 g/mol. The molecule has 20 nitrogen and oxygen atoms in total. The summed E-state index contributed by atoms with van der Waals surface area (Å²) in [5.41, 5.74) is -8.03. The molecule has 3 aliphatic carbocycles. The average Bonchev–Trinajstić information content (AvgIpc) is 2.99. The van der Waals surface area contributed by atoms with Crippen LogP contribution in [0, 0.1) is 30.6 Å². The second-order valence-electron chi connectivity index (χ2n) is 22.9. The smallest absolute Gasteiger partial charge is 0.461 e. The molecule has 0 spiro atoms. The predicted octanol–water partition coefficient (Wildman–Crippen LogP) is 6.74. The lowest BCUT2D eigenvalue weighted by Crippen LogP contribution is -2.82. The van der Waals surface area contributed by atoms with Gasteiger partial charge in [-0.3, -0.25) is 33.8 Å². The Kier molecular flexibility index (Phi) is 16.6. The van der Waals surface area contributed by atoms with Crippen molar-refractivity contribution in [3.05, 3.63) is 148 Å². The molecule has 0 unspecified atom stereocenters. The molecule has 1 aliphatic heterocycles. The van der Waals surface area contributed by atoms with E-state index in [0.717, 1.165) is 13.8 Å². The fraction of sp³-hybridized carbons (Fsp3) is 0.450. The van der Waals surface area contributed by atoms with Crippen molar-refractivity contribution in [1.82, 2.24) is 5.32 Å². The Labute approximate surface area is 468 Å². The minimum Gasteiger partial charge on any atom is -0.461 e. The predicted molar refractivity (Wildman–Crippen MR) is 288 cm³/mol. The number of aryl methyl sites for hydroxylation is 2. The number of phosphoric acid groups is 1. The van der Waals surface area contributed by atoms with Crippen LogP contribution in [0.2, 0.25) is 0 Å². The zero-order chi connectivity index (χ0) is 59.4. The van der Waals surface area contributed by atoms with Crippen molar-refractivity contribution in [3.8, 4) is 5.75 Å². The van der Waals surface area contributed by atoms with Crippen LogP contribution in [0.4, 0.5) is 0 Å². The van der Waals surface area contributed by atoms with E-state index >= 15 is 4.79 Å². The number of phosphoric ester groups is 1. The topological polar surface area (TPSA) is 294 Å². The van der Waals surface area contributed by atoms with Gasteiger partial charge in [0.25, 0.3) is 5.91 Å². The fourth-order valence-corrected chi connectivity index (χ4v) is 13.4. The molecule has 2 bridgehead atoms. The molecule has 11 atom stereocenters. The summed E-state index contributed by atoms with van der Waals surface area (Å²) in [4.78, 5) is 121. The molecule has 0 aromatic heterocycles. The molecule has 4 aromatic rings. The van der Waals surface area contributed by atoms with Crippen LogP contribution in [-0.2, 0) is 62.4 Å². The van der Waals surface area contributed by atoms with E-state index < -0.39 is 145 Å². The summed E-state index contributed by atoms with van der Waals surface area (Å²) in [7, 11) is -5.12. The lowest BCUT2D eigenvalue weighted by atomic mass is 9.44. The summed E-state index contributed by atoms with van der Waals surface area (Å²) in [6, 6.07) is 25.6. The largest absolute Gasteiger partial charge is 0.524 e. The number of hydrogen-bond acceptors (Lipinski definition) is 17. The number of hydrogen-bond donors (Lipinski definition) is 5. The molecule has 8 rings (SSSR count). The first-order valence-electron chi connectivity index (χ1n) is 26.4. The molecule has 1 amide bonds. The zero-order valence-corrected chi connectivity index (χ0v) is 47.5. The van der Waals surface area contributed by atoms with Gasteiger partial charge < -0.3 is 48.5 Å². The Balaban J connectivity index is 1.29. The molecule has 5 N–H and O–H groups in total. The van der Waals surface area contributed by atoms with Crippen molar-refractivity contribution in [3.63, 3.8) is 0 Å². The molecule has 1 saturated heterocycles. The van der Waals surface area contributed by atoms with Gasteiger partial charge in [-0.15, -0.1) is 0 Å². The van der Waals surface area contributed by atoms with Gasteiger partial charge in [0.1, 0.15) is 35.8 Å². The second kappa shape index (κ2) is 22.4. The molecule has 21 heteroatoms. The summed E-state index contributed by atoms with van der Waals surface area (Å²) >= 11 is 0. The van der Waals surface area contributed by atoms with Crippen LogP contribution in [0.15, 0.2) is 114 Å². The van der Waals surface area contributed by atoms with E-state index in [4.69, 9.17) is 32.9 Å². The summed E-state index contributed by atoms with van der Waals surface area (Å²) in [6.07, 6.45) is -12.1. The Bertz CT molecular complexity index is 3210. The standard InChI is InChI=1S/C60H68NO19P/c1-32-26-33(2)45(40(27-32)80-81(71,72)73)56(6,7)30-44(64)77-42-28-43-59(31-74-43,79-36(5)63)50-52(78-54(68)39-24-18-13-19-25-39)60(70)29-41(34(3)46(57(60,8)9)49(75-35(4)62)51(66)58(42,50)10)76-55(69)48(65)47(37-20-14-11-15-21-37)61-53(67)38-22-16-12-17-23-38/h11-27,41-43,47-50,52,65,70H,28-31H2,1-10H3,(H,61,67)(H2,71,72,73)/t41-,42-,43+,47-,48+,49+,50-,52-,58+,59-,60+/m0/s1.